The number of hydrogen-bond acceptors (Lipinski definition) is 4. The van der Waals surface area contributed by atoms with E-state index in [1.54, 1.807) is 7.11 Å². The van der Waals surface area contributed by atoms with Gasteiger partial charge in [-0.2, -0.15) is 0 Å². The molecule has 2 rings (SSSR count). The highest BCUT2D eigenvalue weighted by Gasteiger charge is 2.21. The first-order valence-corrected chi connectivity index (χ1v) is 9.05. The van der Waals surface area contributed by atoms with Crippen molar-refractivity contribution in [3.05, 3.63) is 23.8 Å². The first-order valence-electron chi connectivity index (χ1n) is 9.05. The van der Waals surface area contributed by atoms with Crippen molar-refractivity contribution in [1.29, 1.82) is 0 Å². The Bertz CT molecular complexity index is 457. The number of ether oxygens (including phenoxy) is 2. The van der Waals surface area contributed by atoms with Crippen molar-refractivity contribution in [3.8, 4) is 11.5 Å². The maximum atomic E-state index is 6.12. The highest BCUT2D eigenvalue weighted by molar-refractivity contribution is 5.44. The van der Waals surface area contributed by atoms with Crippen molar-refractivity contribution in [2.24, 2.45) is 5.73 Å². The van der Waals surface area contributed by atoms with Crippen molar-refractivity contribution >= 4 is 0 Å². The van der Waals surface area contributed by atoms with Gasteiger partial charge >= 0.3 is 0 Å². The largest absolute Gasteiger partial charge is 0.493 e. The van der Waals surface area contributed by atoms with Crippen LogP contribution in [0.5, 0.6) is 11.5 Å². The summed E-state index contributed by atoms with van der Waals surface area (Å²) in [5, 5.41) is 0. The fraction of sp³-hybridized carbons (Fsp3) is 0.684. The van der Waals surface area contributed by atoms with Crippen LogP contribution in [-0.4, -0.2) is 38.3 Å². The second-order valence-corrected chi connectivity index (χ2v) is 6.31. The molecule has 1 aliphatic heterocycles. The minimum atomic E-state index is 0.271. The SMILES string of the molecule is CCCCOc1cc(C(CN)N2CCCCCC2)ccc1OC. The number of hydrogen-bond donors (Lipinski definition) is 1. The van der Waals surface area contributed by atoms with Gasteiger partial charge in [0.15, 0.2) is 11.5 Å². The Hall–Kier alpha value is -1.26. The third kappa shape index (κ3) is 5.11. The summed E-state index contributed by atoms with van der Waals surface area (Å²) in [6, 6.07) is 6.54. The molecule has 0 bridgehead atoms. The number of methoxy groups -OCH3 is 1. The summed E-state index contributed by atoms with van der Waals surface area (Å²) in [5.41, 5.74) is 7.35. The third-order valence-electron chi connectivity index (χ3n) is 4.63. The summed E-state index contributed by atoms with van der Waals surface area (Å²) < 4.78 is 11.4. The molecule has 0 aliphatic carbocycles. The zero-order chi connectivity index (χ0) is 16.5. The monoisotopic (exact) mass is 320 g/mol. The van der Waals surface area contributed by atoms with Gasteiger partial charge in [0.25, 0.3) is 0 Å². The molecule has 0 amide bonds. The van der Waals surface area contributed by atoms with Gasteiger partial charge in [-0.3, -0.25) is 4.90 Å². The molecule has 0 spiro atoms. The van der Waals surface area contributed by atoms with E-state index < -0.39 is 0 Å². The standard InChI is InChI=1S/C19H32N2O2/c1-3-4-13-23-19-14-16(9-10-18(19)22-2)17(15-20)21-11-7-5-6-8-12-21/h9-10,14,17H,3-8,11-13,15,20H2,1-2H3. The van der Waals surface area contributed by atoms with E-state index in [4.69, 9.17) is 15.2 Å². The lowest BCUT2D eigenvalue weighted by Gasteiger charge is -2.30. The Morgan fingerprint density at radius 2 is 1.87 bits per heavy atom. The van der Waals surface area contributed by atoms with Gasteiger partial charge in [0.2, 0.25) is 0 Å². The second-order valence-electron chi connectivity index (χ2n) is 6.31. The molecule has 130 valence electrons. The van der Waals surface area contributed by atoms with Crippen molar-refractivity contribution in [2.75, 3.05) is 33.4 Å². The van der Waals surface area contributed by atoms with Crippen LogP contribution in [0.2, 0.25) is 0 Å². The van der Waals surface area contributed by atoms with E-state index in [1.807, 2.05) is 6.07 Å². The van der Waals surface area contributed by atoms with Crippen LogP contribution in [0.1, 0.15) is 57.1 Å². The third-order valence-corrected chi connectivity index (χ3v) is 4.63. The molecule has 23 heavy (non-hydrogen) atoms. The second kappa shape index (κ2) is 9.78. The lowest BCUT2D eigenvalue weighted by molar-refractivity contribution is 0.208. The van der Waals surface area contributed by atoms with E-state index in [1.165, 1.54) is 31.2 Å². The smallest absolute Gasteiger partial charge is 0.161 e. The summed E-state index contributed by atoms with van der Waals surface area (Å²) in [6.07, 6.45) is 7.39. The van der Waals surface area contributed by atoms with Gasteiger partial charge < -0.3 is 15.2 Å². The van der Waals surface area contributed by atoms with Crippen LogP contribution in [-0.2, 0) is 0 Å². The van der Waals surface area contributed by atoms with Crippen LogP contribution in [0.4, 0.5) is 0 Å². The molecule has 0 saturated carbocycles. The predicted molar refractivity (Wildman–Crippen MR) is 95.2 cm³/mol. The van der Waals surface area contributed by atoms with Crippen molar-refractivity contribution in [3.63, 3.8) is 0 Å². The summed E-state index contributed by atoms with van der Waals surface area (Å²) in [5.74, 6) is 1.64. The lowest BCUT2D eigenvalue weighted by atomic mass is 10.0. The maximum Gasteiger partial charge on any atom is 0.161 e. The number of rotatable bonds is 8. The molecule has 4 nitrogen and oxygen atoms in total. The van der Waals surface area contributed by atoms with E-state index in [0.29, 0.717) is 6.54 Å². The van der Waals surface area contributed by atoms with Gasteiger partial charge in [-0.25, -0.2) is 0 Å². The Labute approximate surface area is 140 Å². The maximum absolute atomic E-state index is 6.12. The fourth-order valence-electron chi connectivity index (χ4n) is 3.24. The summed E-state index contributed by atoms with van der Waals surface area (Å²) in [6.45, 7) is 5.81. The molecular formula is C19H32N2O2. The zero-order valence-corrected chi connectivity index (χ0v) is 14.7. The lowest BCUT2D eigenvalue weighted by Crippen LogP contribution is -2.34. The molecule has 0 radical (unpaired) electrons. The van der Waals surface area contributed by atoms with E-state index in [0.717, 1.165) is 44.0 Å². The molecule has 0 aromatic heterocycles. The Morgan fingerprint density at radius 1 is 1.13 bits per heavy atom. The number of likely N-dealkylation sites (tertiary alicyclic amines) is 1. The van der Waals surface area contributed by atoms with Gasteiger partial charge in [-0.1, -0.05) is 32.3 Å². The highest BCUT2D eigenvalue weighted by Crippen LogP contribution is 2.32. The predicted octanol–water partition coefficient (Wildman–Crippen LogP) is 3.75. The summed E-state index contributed by atoms with van der Waals surface area (Å²) in [7, 11) is 1.69. The average molecular weight is 320 g/mol. The van der Waals surface area contributed by atoms with Crippen molar-refractivity contribution in [1.82, 2.24) is 4.90 Å². The first kappa shape index (κ1) is 18.1. The normalized spacial score (nSPS) is 17.5. The Balaban J connectivity index is 2.16. The highest BCUT2D eigenvalue weighted by atomic mass is 16.5. The van der Waals surface area contributed by atoms with Crippen LogP contribution in [0.15, 0.2) is 18.2 Å². The average Bonchev–Trinajstić information content (AvgIpc) is 2.85. The Morgan fingerprint density at radius 3 is 2.48 bits per heavy atom. The fourth-order valence-corrected chi connectivity index (χ4v) is 3.24. The summed E-state index contributed by atoms with van der Waals surface area (Å²) >= 11 is 0. The van der Waals surface area contributed by atoms with Gasteiger partial charge in [0, 0.05) is 12.6 Å². The van der Waals surface area contributed by atoms with Gasteiger partial charge in [-0.05, 0) is 50.0 Å². The molecule has 1 atom stereocenters. The minimum Gasteiger partial charge on any atom is -0.493 e. The van der Waals surface area contributed by atoms with Gasteiger partial charge in [0.05, 0.1) is 13.7 Å². The molecule has 1 heterocycles. The van der Waals surface area contributed by atoms with E-state index in [2.05, 4.69) is 24.0 Å². The topological polar surface area (TPSA) is 47.7 Å². The quantitative estimate of drug-likeness (QED) is 0.741. The van der Waals surface area contributed by atoms with Crippen molar-refractivity contribution < 1.29 is 9.47 Å². The first-order chi connectivity index (χ1) is 11.3. The van der Waals surface area contributed by atoms with Gasteiger partial charge in [0.1, 0.15) is 0 Å². The molecule has 1 aromatic rings. The van der Waals surface area contributed by atoms with Crippen LogP contribution in [0, 0.1) is 0 Å². The molecule has 1 fully saturated rings. The number of unbranched alkanes of at least 4 members (excludes halogenated alkanes) is 1. The van der Waals surface area contributed by atoms with Crippen LogP contribution >= 0.6 is 0 Å². The molecule has 2 N–H and O–H groups in total. The number of benzene rings is 1. The Kier molecular flexibility index (Phi) is 7.69. The molecular weight excluding hydrogens is 288 g/mol. The van der Waals surface area contributed by atoms with Crippen molar-refractivity contribution in [2.45, 2.75) is 51.5 Å². The van der Waals surface area contributed by atoms with E-state index in [-0.39, 0.29) is 6.04 Å². The minimum absolute atomic E-state index is 0.271. The molecule has 1 saturated heterocycles. The number of nitrogens with two attached hydrogens (primary N) is 1. The van der Waals surface area contributed by atoms with Crippen LogP contribution in [0.25, 0.3) is 0 Å². The molecule has 1 aromatic carbocycles. The molecule has 4 heteroatoms. The van der Waals surface area contributed by atoms with Crippen LogP contribution < -0.4 is 15.2 Å². The van der Waals surface area contributed by atoms with E-state index >= 15 is 0 Å². The van der Waals surface area contributed by atoms with Crippen LogP contribution in [0.3, 0.4) is 0 Å². The molecule has 1 aliphatic rings. The summed E-state index contributed by atoms with van der Waals surface area (Å²) in [4.78, 5) is 2.53. The van der Waals surface area contributed by atoms with E-state index in [9.17, 15) is 0 Å². The molecule has 1 unspecified atom stereocenters. The van der Waals surface area contributed by atoms with Gasteiger partial charge in [-0.15, -0.1) is 0 Å². The number of nitrogens with zero attached hydrogens (tertiary/aromatic N) is 1. The zero-order valence-electron chi connectivity index (χ0n) is 14.7.